The third-order valence-electron chi connectivity index (χ3n) is 3.40. The predicted octanol–water partition coefficient (Wildman–Crippen LogP) is 1.03. The molecule has 24 heavy (non-hydrogen) atoms. The van der Waals surface area contributed by atoms with E-state index in [9.17, 15) is 14.4 Å². The molecule has 1 amide bonds. The summed E-state index contributed by atoms with van der Waals surface area (Å²) in [6.45, 7) is 10.8. The number of carbonyl (C=O) groups excluding carboxylic acids is 3. The molecule has 0 saturated carbocycles. The maximum atomic E-state index is 12.0. The van der Waals surface area contributed by atoms with Crippen molar-refractivity contribution >= 4 is 18.0 Å². The van der Waals surface area contributed by atoms with E-state index in [2.05, 4.69) is 0 Å². The first kappa shape index (κ1) is 20.2. The molecule has 1 fully saturated rings. The Morgan fingerprint density at radius 2 is 1.46 bits per heavy atom. The first-order valence-corrected chi connectivity index (χ1v) is 8.07. The fourth-order valence-electron chi connectivity index (χ4n) is 2.25. The molecule has 0 bridgehead atoms. The Labute approximate surface area is 143 Å². The largest absolute Gasteiger partial charge is 0.465 e. The molecule has 0 aliphatic carbocycles. The third-order valence-corrected chi connectivity index (χ3v) is 3.40. The van der Waals surface area contributed by atoms with Gasteiger partial charge in [0.05, 0.1) is 0 Å². The minimum absolute atomic E-state index is 0.128. The van der Waals surface area contributed by atoms with Crippen LogP contribution in [0, 0.1) is 0 Å². The average Bonchev–Trinajstić information content (AvgIpc) is 2.33. The Bertz CT molecular complexity index is 434. The normalized spacial score (nSPS) is 15.0. The summed E-state index contributed by atoms with van der Waals surface area (Å²) in [7, 11) is 0. The van der Waals surface area contributed by atoms with Gasteiger partial charge < -0.3 is 19.1 Å². The molecule has 0 aromatic heterocycles. The van der Waals surface area contributed by atoms with E-state index in [1.807, 2.05) is 25.7 Å². The Morgan fingerprint density at radius 1 is 1.00 bits per heavy atom. The molecule has 0 aromatic carbocycles. The van der Waals surface area contributed by atoms with Crippen LogP contribution in [0.5, 0.6) is 0 Å². The van der Waals surface area contributed by atoms with Crippen LogP contribution in [0.2, 0.25) is 0 Å². The highest BCUT2D eigenvalue weighted by Gasteiger charge is 2.36. The van der Waals surface area contributed by atoms with E-state index in [0.29, 0.717) is 26.2 Å². The number of rotatable bonds is 7. The molecule has 0 atom stereocenters. The lowest BCUT2D eigenvalue weighted by molar-refractivity contribution is -0.142. The van der Waals surface area contributed by atoms with Gasteiger partial charge in [-0.25, -0.2) is 4.79 Å². The Morgan fingerprint density at radius 3 is 1.83 bits per heavy atom. The van der Waals surface area contributed by atoms with Gasteiger partial charge in [0.2, 0.25) is 0 Å². The van der Waals surface area contributed by atoms with Gasteiger partial charge in [-0.3, -0.25) is 14.5 Å². The molecule has 0 aromatic rings. The van der Waals surface area contributed by atoms with E-state index < -0.39 is 5.60 Å². The number of esters is 2. The molecule has 1 saturated heterocycles. The van der Waals surface area contributed by atoms with Crippen molar-refractivity contribution in [2.24, 2.45) is 0 Å². The Kier molecular flexibility index (Phi) is 7.47. The summed E-state index contributed by atoms with van der Waals surface area (Å²) in [6.07, 6.45) is -0.335. The van der Waals surface area contributed by atoms with E-state index in [0.717, 1.165) is 0 Å². The highest BCUT2D eigenvalue weighted by atomic mass is 16.6. The van der Waals surface area contributed by atoms with Crippen LogP contribution in [0.1, 0.15) is 34.6 Å². The van der Waals surface area contributed by atoms with Gasteiger partial charge in [-0.15, -0.1) is 0 Å². The van der Waals surface area contributed by atoms with Gasteiger partial charge >= 0.3 is 18.0 Å². The van der Waals surface area contributed by atoms with Crippen molar-refractivity contribution in [3.05, 3.63) is 0 Å². The zero-order chi connectivity index (χ0) is 18.3. The molecule has 1 aliphatic heterocycles. The van der Waals surface area contributed by atoms with Gasteiger partial charge in [-0.05, 0) is 20.8 Å². The molecule has 138 valence electrons. The van der Waals surface area contributed by atoms with E-state index in [1.165, 1.54) is 13.8 Å². The maximum absolute atomic E-state index is 12.0. The number of hydrogen-bond donors (Lipinski definition) is 0. The van der Waals surface area contributed by atoms with Crippen molar-refractivity contribution in [2.75, 3.05) is 39.4 Å². The molecule has 0 N–H and O–H groups in total. The standard InChI is InChI=1S/C16H28N2O6/c1-12(19)22-8-6-17(7-9-23-13(2)20)14-10-18(11-14)15(21)24-16(3,4)5/h14H,6-11H2,1-5H3. The van der Waals surface area contributed by atoms with Crippen LogP contribution in [0.4, 0.5) is 4.79 Å². The Hall–Kier alpha value is -1.83. The molecule has 1 rings (SSSR count). The van der Waals surface area contributed by atoms with Crippen LogP contribution in [0.3, 0.4) is 0 Å². The van der Waals surface area contributed by atoms with E-state index in [4.69, 9.17) is 14.2 Å². The zero-order valence-corrected chi connectivity index (χ0v) is 15.2. The van der Waals surface area contributed by atoms with Crippen LogP contribution >= 0.6 is 0 Å². The first-order chi connectivity index (χ1) is 11.1. The van der Waals surface area contributed by atoms with Gasteiger partial charge in [-0.1, -0.05) is 0 Å². The van der Waals surface area contributed by atoms with Crippen LogP contribution in [-0.2, 0) is 23.8 Å². The van der Waals surface area contributed by atoms with Crippen LogP contribution < -0.4 is 0 Å². The topological polar surface area (TPSA) is 85.4 Å². The number of likely N-dealkylation sites (tertiary alicyclic amines) is 1. The van der Waals surface area contributed by atoms with E-state index in [-0.39, 0.29) is 37.3 Å². The third kappa shape index (κ3) is 7.63. The first-order valence-electron chi connectivity index (χ1n) is 8.07. The van der Waals surface area contributed by atoms with Crippen LogP contribution in [-0.4, -0.2) is 78.9 Å². The summed E-state index contributed by atoms with van der Waals surface area (Å²) in [5.74, 6) is -0.669. The SMILES string of the molecule is CC(=O)OCCN(CCOC(C)=O)C1CN(C(=O)OC(C)(C)C)C1. The molecule has 8 nitrogen and oxygen atoms in total. The zero-order valence-electron chi connectivity index (χ0n) is 15.2. The van der Waals surface area contributed by atoms with Crippen molar-refractivity contribution in [3.63, 3.8) is 0 Å². The molecular weight excluding hydrogens is 316 g/mol. The lowest BCUT2D eigenvalue weighted by Gasteiger charge is -2.45. The minimum atomic E-state index is -0.521. The summed E-state index contributed by atoms with van der Waals surface area (Å²) in [5.41, 5.74) is -0.521. The second-order valence-electron chi connectivity index (χ2n) is 6.76. The van der Waals surface area contributed by atoms with Crippen molar-refractivity contribution in [2.45, 2.75) is 46.3 Å². The summed E-state index contributed by atoms with van der Waals surface area (Å²) in [5, 5.41) is 0. The maximum Gasteiger partial charge on any atom is 0.410 e. The van der Waals surface area contributed by atoms with Crippen LogP contribution in [0.15, 0.2) is 0 Å². The Balaban J connectivity index is 2.45. The molecule has 8 heteroatoms. The number of ether oxygens (including phenoxy) is 3. The van der Waals surface area contributed by atoms with Gasteiger partial charge in [0.15, 0.2) is 0 Å². The number of carbonyl (C=O) groups is 3. The molecular formula is C16H28N2O6. The molecule has 0 unspecified atom stereocenters. The summed E-state index contributed by atoms with van der Waals surface area (Å²) >= 11 is 0. The molecule has 0 spiro atoms. The quantitative estimate of drug-likeness (QED) is 0.504. The summed E-state index contributed by atoms with van der Waals surface area (Å²) in [6, 6.07) is 0.128. The number of amides is 1. The highest BCUT2D eigenvalue weighted by Crippen LogP contribution is 2.19. The van der Waals surface area contributed by atoms with Gasteiger partial charge in [0.25, 0.3) is 0 Å². The van der Waals surface area contributed by atoms with Crippen molar-refractivity contribution in [3.8, 4) is 0 Å². The molecule has 0 radical (unpaired) electrons. The highest BCUT2D eigenvalue weighted by molar-refractivity contribution is 5.69. The molecule has 1 heterocycles. The van der Waals surface area contributed by atoms with E-state index in [1.54, 1.807) is 4.90 Å². The number of hydrogen-bond acceptors (Lipinski definition) is 7. The van der Waals surface area contributed by atoms with Crippen molar-refractivity contribution < 1.29 is 28.6 Å². The lowest BCUT2D eigenvalue weighted by Crippen LogP contribution is -2.62. The number of nitrogens with zero attached hydrogens (tertiary/aromatic N) is 2. The summed E-state index contributed by atoms with van der Waals surface area (Å²) < 4.78 is 15.3. The second kappa shape index (κ2) is 8.86. The smallest absolute Gasteiger partial charge is 0.410 e. The monoisotopic (exact) mass is 344 g/mol. The van der Waals surface area contributed by atoms with Crippen molar-refractivity contribution in [1.82, 2.24) is 9.80 Å². The lowest BCUT2D eigenvalue weighted by atomic mass is 10.1. The van der Waals surface area contributed by atoms with Gasteiger partial charge in [-0.2, -0.15) is 0 Å². The fourth-order valence-corrected chi connectivity index (χ4v) is 2.25. The van der Waals surface area contributed by atoms with E-state index >= 15 is 0 Å². The van der Waals surface area contributed by atoms with Gasteiger partial charge in [0, 0.05) is 46.1 Å². The summed E-state index contributed by atoms with van der Waals surface area (Å²) in [4.78, 5) is 37.4. The predicted molar refractivity (Wildman–Crippen MR) is 86.4 cm³/mol. The van der Waals surface area contributed by atoms with Crippen molar-refractivity contribution in [1.29, 1.82) is 0 Å². The minimum Gasteiger partial charge on any atom is -0.465 e. The average molecular weight is 344 g/mol. The molecule has 1 aliphatic rings. The fraction of sp³-hybridized carbons (Fsp3) is 0.812. The van der Waals surface area contributed by atoms with Crippen LogP contribution in [0.25, 0.3) is 0 Å². The second-order valence-corrected chi connectivity index (χ2v) is 6.76. The van der Waals surface area contributed by atoms with Gasteiger partial charge in [0.1, 0.15) is 18.8 Å².